The molecule has 0 amide bonds. The summed E-state index contributed by atoms with van der Waals surface area (Å²) >= 11 is 0. The standard InChI is InChI=1S/C13H15FO3/c14-11-5-4-10(3-1-2-6-15)12(9-11)13-16-7-8-17-13/h4-5,7-9,13,15H,1-3,6H2. The largest absolute Gasteiger partial charge is 0.455 e. The molecule has 0 saturated heterocycles. The summed E-state index contributed by atoms with van der Waals surface area (Å²) in [6.07, 6.45) is 4.73. The summed E-state index contributed by atoms with van der Waals surface area (Å²) in [6, 6.07) is 4.61. The fourth-order valence-electron chi connectivity index (χ4n) is 1.83. The minimum Gasteiger partial charge on any atom is -0.455 e. The molecule has 0 spiro atoms. The Labute approximate surface area is 99.5 Å². The summed E-state index contributed by atoms with van der Waals surface area (Å²) in [4.78, 5) is 0. The average Bonchev–Trinajstić information content (AvgIpc) is 2.85. The van der Waals surface area contributed by atoms with Crippen molar-refractivity contribution in [3.8, 4) is 0 Å². The molecule has 92 valence electrons. The molecule has 2 rings (SSSR count). The van der Waals surface area contributed by atoms with Gasteiger partial charge < -0.3 is 14.6 Å². The number of benzene rings is 1. The zero-order chi connectivity index (χ0) is 12.1. The molecule has 1 aliphatic rings. The van der Waals surface area contributed by atoms with Crippen LogP contribution in [-0.4, -0.2) is 11.7 Å². The first kappa shape index (κ1) is 11.9. The molecular formula is C13H15FO3. The van der Waals surface area contributed by atoms with Crippen LogP contribution in [0, 0.1) is 5.82 Å². The van der Waals surface area contributed by atoms with Crippen LogP contribution in [0.4, 0.5) is 4.39 Å². The van der Waals surface area contributed by atoms with Crippen molar-refractivity contribution < 1.29 is 19.0 Å². The zero-order valence-corrected chi connectivity index (χ0v) is 9.43. The number of aliphatic hydroxyl groups is 1. The second kappa shape index (κ2) is 5.68. The Morgan fingerprint density at radius 1 is 1.18 bits per heavy atom. The van der Waals surface area contributed by atoms with Crippen LogP contribution in [0.25, 0.3) is 0 Å². The second-order valence-electron chi connectivity index (χ2n) is 3.90. The number of hydrogen-bond donors (Lipinski definition) is 1. The Hall–Kier alpha value is -1.55. The SMILES string of the molecule is OCCCCc1ccc(F)cc1C1OC=CO1. The fourth-order valence-corrected chi connectivity index (χ4v) is 1.83. The molecule has 17 heavy (non-hydrogen) atoms. The summed E-state index contributed by atoms with van der Waals surface area (Å²) in [5, 5.41) is 8.75. The molecule has 0 radical (unpaired) electrons. The Balaban J connectivity index is 2.12. The summed E-state index contributed by atoms with van der Waals surface area (Å²) < 4.78 is 23.7. The van der Waals surface area contributed by atoms with Crippen LogP contribution in [-0.2, 0) is 15.9 Å². The van der Waals surface area contributed by atoms with Gasteiger partial charge in [0.15, 0.2) is 0 Å². The van der Waals surface area contributed by atoms with E-state index in [1.54, 1.807) is 6.07 Å². The van der Waals surface area contributed by atoms with Gasteiger partial charge in [0.1, 0.15) is 18.3 Å². The molecule has 1 aliphatic heterocycles. The van der Waals surface area contributed by atoms with E-state index in [4.69, 9.17) is 14.6 Å². The second-order valence-corrected chi connectivity index (χ2v) is 3.90. The Morgan fingerprint density at radius 2 is 1.94 bits per heavy atom. The van der Waals surface area contributed by atoms with E-state index in [1.807, 2.05) is 0 Å². The molecule has 1 N–H and O–H groups in total. The first-order valence-electron chi connectivity index (χ1n) is 5.66. The van der Waals surface area contributed by atoms with E-state index < -0.39 is 6.29 Å². The number of ether oxygens (including phenoxy) is 2. The third-order valence-corrected chi connectivity index (χ3v) is 2.68. The van der Waals surface area contributed by atoms with Gasteiger partial charge in [0.05, 0.1) is 0 Å². The van der Waals surface area contributed by atoms with Gasteiger partial charge in [-0.25, -0.2) is 4.39 Å². The van der Waals surface area contributed by atoms with E-state index in [0.717, 1.165) is 24.8 Å². The van der Waals surface area contributed by atoms with Crippen molar-refractivity contribution in [3.63, 3.8) is 0 Å². The number of rotatable bonds is 5. The fraction of sp³-hybridized carbons (Fsp3) is 0.385. The predicted molar refractivity (Wildman–Crippen MR) is 60.5 cm³/mol. The van der Waals surface area contributed by atoms with Crippen molar-refractivity contribution in [3.05, 3.63) is 47.7 Å². The van der Waals surface area contributed by atoms with Crippen LogP contribution in [0.5, 0.6) is 0 Å². The number of halogens is 1. The number of hydrogen-bond acceptors (Lipinski definition) is 3. The lowest BCUT2D eigenvalue weighted by atomic mass is 10.0. The highest BCUT2D eigenvalue weighted by atomic mass is 19.1. The van der Waals surface area contributed by atoms with E-state index in [9.17, 15) is 4.39 Å². The Kier molecular flexibility index (Phi) is 3.98. The molecule has 0 saturated carbocycles. The molecule has 0 unspecified atom stereocenters. The van der Waals surface area contributed by atoms with E-state index in [2.05, 4.69) is 0 Å². The van der Waals surface area contributed by atoms with Crippen LogP contribution in [0.1, 0.15) is 30.3 Å². The molecule has 3 nitrogen and oxygen atoms in total. The molecule has 4 heteroatoms. The normalized spacial score (nSPS) is 14.7. The lowest BCUT2D eigenvalue weighted by Crippen LogP contribution is -2.04. The van der Waals surface area contributed by atoms with Crippen molar-refractivity contribution in [1.29, 1.82) is 0 Å². The maximum atomic E-state index is 13.2. The highest BCUT2D eigenvalue weighted by molar-refractivity contribution is 5.29. The molecule has 0 fully saturated rings. The van der Waals surface area contributed by atoms with Crippen LogP contribution in [0.15, 0.2) is 30.7 Å². The van der Waals surface area contributed by atoms with Crippen LogP contribution in [0.3, 0.4) is 0 Å². The topological polar surface area (TPSA) is 38.7 Å². The predicted octanol–water partition coefficient (Wildman–Crippen LogP) is 2.66. The Morgan fingerprint density at radius 3 is 2.65 bits per heavy atom. The van der Waals surface area contributed by atoms with E-state index in [0.29, 0.717) is 5.56 Å². The molecule has 0 atom stereocenters. The molecule has 0 aromatic heterocycles. The van der Waals surface area contributed by atoms with E-state index in [-0.39, 0.29) is 12.4 Å². The molecule has 0 aliphatic carbocycles. The lowest BCUT2D eigenvalue weighted by Gasteiger charge is -2.15. The van der Waals surface area contributed by atoms with Gasteiger partial charge in [-0.2, -0.15) is 0 Å². The molecule has 1 heterocycles. The summed E-state index contributed by atoms with van der Waals surface area (Å²) in [5.41, 5.74) is 1.71. The molecule has 1 aromatic carbocycles. The summed E-state index contributed by atoms with van der Waals surface area (Å²) in [6.45, 7) is 0.175. The van der Waals surface area contributed by atoms with Crippen molar-refractivity contribution in [2.45, 2.75) is 25.6 Å². The van der Waals surface area contributed by atoms with Gasteiger partial charge >= 0.3 is 0 Å². The van der Waals surface area contributed by atoms with Gasteiger partial charge in [-0.1, -0.05) is 6.07 Å². The van der Waals surface area contributed by atoms with Crippen molar-refractivity contribution in [2.24, 2.45) is 0 Å². The highest BCUT2D eigenvalue weighted by Gasteiger charge is 2.19. The number of aryl methyl sites for hydroxylation is 1. The van der Waals surface area contributed by atoms with Crippen molar-refractivity contribution >= 4 is 0 Å². The average molecular weight is 238 g/mol. The summed E-state index contributed by atoms with van der Waals surface area (Å²) in [5.74, 6) is -0.301. The molecular weight excluding hydrogens is 223 g/mol. The summed E-state index contributed by atoms with van der Waals surface area (Å²) in [7, 11) is 0. The van der Waals surface area contributed by atoms with E-state index in [1.165, 1.54) is 24.7 Å². The molecule has 1 aromatic rings. The third-order valence-electron chi connectivity index (χ3n) is 2.68. The minimum atomic E-state index is -0.546. The van der Waals surface area contributed by atoms with Crippen LogP contribution < -0.4 is 0 Å². The van der Waals surface area contributed by atoms with Crippen molar-refractivity contribution in [2.75, 3.05) is 6.61 Å². The van der Waals surface area contributed by atoms with Gasteiger partial charge in [0.2, 0.25) is 0 Å². The van der Waals surface area contributed by atoms with Gasteiger partial charge in [0.25, 0.3) is 6.29 Å². The first-order valence-corrected chi connectivity index (χ1v) is 5.66. The maximum absolute atomic E-state index is 13.2. The van der Waals surface area contributed by atoms with Crippen LogP contribution in [0.2, 0.25) is 0 Å². The number of aliphatic hydroxyl groups excluding tert-OH is 1. The minimum absolute atomic E-state index is 0.175. The molecule has 0 bridgehead atoms. The van der Waals surface area contributed by atoms with Gasteiger partial charge in [-0.05, 0) is 37.0 Å². The number of unbranched alkanes of at least 4 members (excludes halogenated alkanes) is 1. The Bertz CT molecular complexity index is 396. The van der Waals surface area contributed by atoms with Crippen molar-refractivity contribution in [1.82, 2.24) is 0 Å². The first-order chi connectivity index (χ1) is 8.31. The van der Waals surface area contributed by atoms with Gasteiger partial charge in [-0.3, -0.25) is 0 Å². The highest BCUT2D eigenvalue weighted by Crippen LogP contribution is 2.28. The zero-order valence-electron chi connectivity index (χ0n) is 9.43. The van der Waals surface area contributed by atoms with E-state index >= 15 is 0 Å². The maximum Gasteiger partial charge on any atom is 0.266 e. The van der Waals surface area contributed by atoms with Crippen LogP contribution >= 0.6 is 0 Å². The van der Waals surface area contributed by atoms with Gasteiger partial charge in [0, 0.05) is 12.2 Å². The monoisotopic (exact) mass is 238 g/mol. The third kappa shape index (κ3) is 2.97. The van der Waals surface area contributed by atoms with Gasteiger partial charge in [-0.15, -0.1) is 0 Å². The quantitative estimate of drug-likeness (QED) is 0.801. The lowest BCUT2D eigenvalue weighted by molar-refractivity contribution is -0.0254. The smallest absolute Gasteiger partial charge is 0.266 e.